The van der Waals surface area contributed by atoms with Gasteiger partial charge in [-0.15, -0.1) is 0 Å². The topological polar surface area (TPSA) is 49.0 Å². The molecule has 0 aromatic carbocycles. The Morgan fingerprint density at radius 3 is 2.62 bits per heavy atom. The summed E-state index contributed by atoms with van der Waals surface area (Å²) in [4.78, 5) is 20.1. The van der Waals surface area contributed by atoms with Crippen LogP contribution in [0.15, 0.2) is 11.0 Å². The second-order valence-electron chi connectivity index (χ2n) is 2.56. The van der Waals surface area contributed by atoms with Crippen LogP contribution in [0.5, 0.6) is 0 Å². The van der Waals surface area contributed by atoms with Gasteiger partial charge in [0.15, 0.2) is 0 Å². The van der Waals surface area contributed by atoms with E-state index in [1.807, 2.05) is 41.3 Å². The van der Waals surface area contributed by atoms with Crippen LogP contribution in [0.1, 0.15) is 13.8 Å². The number of aromatic nitrogens is 2. The molecule has 1 rings (SSSR count). The zero-order chi connectivity index (χ0) is 9.84. The van der Waals surface area contributed by atoms with E-state index in [0.29, 0.717) is 9.52 Å². The molecule has 5 heteroatoms. The molecule has 0 aliphatic carbocycles. The van der Waals surface area contributed by atoms with E-state index in [-0.39, 0.29) is 5.56 Å². The van der Waals surface area contributed by atoms with Crippen LogP contribution < -0.4 is 10.5 Å². The van der Waals surface area contributed by atoms with E-state index in [4.69, 9.17) is 0 Å². The van der Waals surface area contributed by atoms with Crippen molar-refractivity contribution in [1.29, 1.82) is 0 Å². The van der Waals surface area contributed by atoms with Gasteiger partial charge in [-0.05, 0) is 36.4 Å². The average molecular weight is 293 g/mol. The Morgan fingerprint density at radius 2 is 2.15 bits per heavy atom. The van der Waals surface area contributed by atoms with Crippen molar-refractivity contribution in [2.75, 3.05) is 18.0 Å². The number of hydrogen-bond acceptors (Lipinski definition) is 3. The third-order valence-electron chi connectivity index (χ3n) is 1.81. The maximum absolute atomic E-state index is 11.2. The molecular weight excluding hydrogens is 281 g/mol. The van der Waals surface area contributed by atoms with Crippen molar-refractivity contribution in [3.8, 4) is 0 Å². The second-order valence-corrected chi connectivity index (χ2v) is 3.72. The van der Waals surface area contributed by atoms with Crippen molar-refractivity contribution >= 4 is 28.5 Å². The van der Waals surface area contributed by atoms with Gasteiger partial charge in [-0.3, -0.25) is 9.78 Å². The lowest BCUT2D eigenvalue weighted by Crippen LogP contribution is -2.27. The van der Waals surface area contributed by atoms with Crippen molar-refractivity contribution in [3.63, 3.8) is 0 Å². The zero-order valence-electron chi connectivity index (χ0n) is 7.67. The van der Waals surface area contributed by atoms with Crippen LogP contribution in [-0.4, -0.2) is 23.1 Å². The summed E-state index contributed by atoms with van der Waals surface area (Å²) in [5.41, 5.74) is -0.0718. The molecule has 0 aliphatic rings. The maximum Gasteiger partial charge on any atom is 0.265 e. The largest absolute Gasteiger partial charge is 0.343 e. The molecule has 4 nitrogen and oxygen atoms in total. The van der Waals surface area contributed by atoms with Crippen LogP contribution >= 0.6 is 22.6 Å². The standard InChI is InChI=1S/C8H12IN3O/c1-3-12(4-2)8-10-5-6(9)7(13)11-8/h5H,3-4H2,1-2H3,(H,10,11,13). The fraction of sp³-hybridized carbons (Fsp3) is 0.500. The lowest BCUT2D eigenvalue weighted by molar-refractivity contribution is 0.814. The summed E-state index contributed by atoms with van der Waals surface area (Å²) in [6.07, 6.45) is 1.59. The van der Waals surface area contributed by atoms with Crippen molar-refractivity contribution < 1.29 is 0 Å². The molecular formula is C8H12IN3O. The number of aromatic amines is 1. The van der Waals surface area contributed by atoms with E-state index in [1.165, 1.54) is 0 Å². The van der Waals surface area contributed by atoms with Crippen LogP contribution in [-0.2, 0) is 0 Å². The molecule has 1 heterocycles. The van der Waals surface area contributed by atoms with Crippen molar-refractivity contribution in [2.24, 2.45) is 0 Å². The van der Waals surface area contributed by atoms with Gasteiger partial charge < -0.3 is 4.90 Å². The molecule has 0 bridgehead atoms. The summed E-state index contributed by atoms with van der Waals surface area (Å²) in [5.74, 6) is 0.649. The molecule has 0 aliphatic heterocycles. The summed E-state index contributed by atoms with van der Waals surface area (Å²) in [5, 5.41) is 0. The number of H-pyrrole nitrogens is 1. The van der Waals surface area contributed by atoms with Gasteiger partial charge in [-0.1, -0.05) is 0 Å². The van der Waals surface area contributed by atoms with Gasteiger partial charge in [0.05, 0.1) is 3.57 Å². The Morgan fingerprint density at radius 1 is 1.54 bits per heavy atom. The van der Waals surface area contributed by atoms with E-state index in [9.17, 15) is 4.79 Å². The number of rotatable bonds is 3. The van der Waals surface area contributed by atoms with Gasteiger partial charge in [-0.25, -0.2) is 4.98 Å². The molecule has 0 amide bonds. The summed E-state index contributed by atoms with van der Waals surface area (Å²) in [7, 11) is 0. The Labute approximate surface area is 90.5 Å². The normalized spacial score (nSPS) is 10.1. The molecule has 0 unspecified atom stereocenters. The minimum atomic E-state index is -0.0718. The van der Waals surface area contributed by atoms with Crippen molar-refractivity contribution in [2.45, 2.75) is 13.8 Å². The van der Waals surface area contributed by atoms with E-state index >= 15 is 0 Å². The molecule has 1 N–H and O–H groups in total. The summed E-state index contributed by atoms with van der Waals surface area (Å²) >= 11 is 1.96. The molecule has 1 aromatic heterocycles. The molecule has 0 saturated heterocycles. The number of halogens is 1. The van der Waals surface area contributed by atoms with Gasteiger partial charge >= 0.3 is 0 Å². The first-order chi connectivity index (χ1) is 6.19. The first-order valence-corrected chi connectivity index (χ1v) is 5.26. The van der Waals surface area contributed by atoms with E-state index in [2.05, 4.69) is 9.97 Å². The second kappa shape index (κ2) is 4.59. The zero-order valence-corrected chi connectivity index (χ0v) is 9.83. The van der Waals surface area contributed by atoms with Gasteiger partial charge in [-0.2, -0.15) is 0 Å². The van der Waals surface area contributed by atoms with E-state index in [1.54, 1.807) is 6.20 Å². The molecule has 1 aromatic rings. The Balaban J connectivity index is 3.02. The highest BCUT2D eigenvalue weighted by atomic mass is 127. The predicted octanol–water partition coefficient (Wildman–Crippen LogP) is 1.22. The molecule has 0 atom stereocenters. The van der Waals surface area contributed by atoms with Crippen LogP contribution in [0.3, 0.4) is 0 Å². The Bertz CT molecular complexity index is 332. The van der Waals surface area contributed by atoms with Crippen LogP contribution in [0, 0.1) is 3.57 Å². The minimum absolute atomic E-state index is 0.0718. The average Bonchev–Trinajstić information content (AvgIpc) is 2.13. The quantitative estimate of drug-likeness (QED) is 0.853. The molecule has 72 valence electrons. The number of nitrogens with one attached hydrogen (secondary N) is 1. The summed E-state index contributed by atoms with van der Waals surface area (Å²) in [6, 6.07) is 0. The maximum atomic E-state index is 11.2. The molecule has 0 radical (unpaired) electrons. The van der Waals surface area contributed by atoms with E-state index in [0.717, 1.165) is 13.1 Å². The van der Waals surface area contributed by atoms with E-state index < -0.39 is 0 Å². The summed E-state index contributed by atoms with van der Waals surface area (Å²) < 4.78 is 0.619. The molecule has 13 heavy (non-hydrogen) atoms. The van der Waals surface area contributed by atoms with Crippen molar-refractivity contribution in [3.05, 3.63) is 20.1 Å². The van der Waals surface area contributed by atoms with Crippen LogP contribution in [0.25, 0.3) is 0 Å². The number of hydrogen-bond donors (Lipinski definition) is 1. The van der Waals surface area contributed by atoms with Gasteiger partial charge in [0, 0.05) is 19.3 Å². The SMILES string of the molecule is CCN(CC)c1ncc(I)c(=O)[nH]1. The summed E-state index contributed by atoms with van der Waals surface area (Å²) in [6.45, 7) is 5.75. The Kier molecular flexibility index (Phi) is 3.71. The lowest BCUT2D eigenvalue weighted by Gasteiger charge is -2.18. The Hall–Kier alpha value is -0.590. The van der Waals surface area contributed by atoms with Gasteiger partial charge in [0.2, 0.25) is 5.95 Å². The highest BCUT2D eigenvalue weighted by Crippen LogP contribution is 2.03. The lowest BCUT2D eigenvalue weighted by atomic mass is 10.5. The van der Waals surface area contributed by atoms with Crippen LogP contribution in [0.4, 0.5) is 5.95 Å². The number of nitrogens with zero attached hydrogens (tertiary/aromatic N) is 2. The van der Waals surface area contributed by atoms with Gasteiger partial charge in [0.1, 0.15) is 0 Å². The first kappa shape index (κ1) is 10.5. The fourth-order valence-corrected chi connectivity index (χ4v) is 1.33. The highest BCUT2D eigenvalue weighted by Gasteiger charge is 2.04. The molecule has 0 fully saturated rings. The highest BCUT2D eigenvalue weighted by molar-refractivity contribution is 14.1. The smallest absolute Gasteiger partial charge is 0.265 e. The third-order valence-corrected chi connectivity index (χ3v) is 2.57. The molecule has 0 saturated carbocycles. The van der Waals surface area contributed by atoms with Crippen LogP contribution in [0.2, 0.25) is 0 Å². The predicted molar refractivity (Wildman–Crippen MR) is 61.1 cm³/mol. The van der Waals surface area contributed by atoms with Crippen molar-refractivity contribution in [1.82, 2.24) is 9.97 Å². The minimum Gasteiger partial charge on any atom is -0.343 e. The van der Waals surface area contributed by atoms with Gasteiger partial charge in [0.25, 0.3) is 5.56 Å². The monoisotopic (exact) mass is 293 g/mol. The fourth-order valence-electron chi connectivity index (χ4n) is 1.05. The number of anilines is 1. The third kappa shape index (κ3) is 2.43. The first-order valence-electron chi connectivity index (χ1n) is 4.18. The molecule has 0 spiro atoms.